The highest BCUT2D eigenvalue weighted by Crippen LogP contribution is 2.36. The highest BCUT2D eigenvalue weighted by Gasteiger charge is 2.16. The summed E-state index contributed by atoms with van der Waals surface area (Å²) in [5, 5.41) is 10.9. The zero-order valence-electron chi connectivity index (χ0n) is 10.5. The van der Waals surface area contributed by atoms with Crippen LogP contribution in [0.5, 0.6) is 0 Å². The van der Waals surface area contributed by atoms with Gasteiger partial charge in [-0.1, -0.05) is 41.4 Å². The molecule has 0 fully saturated rings. The molecule has 1 heterocycles. The van der Waals surface area contributed by atoms with E-state index in [9.17, 15) is 4.79 Å². The fourth-order valence-electron chi connectivity index (χ4n) is 1.94. The monoisotopic (exact) mass is 383 g/mol. The summed E-state index contributed by atoms with van der Waals surface area (Å²) >= 11 is 15.4. The second kappa shape index (κ2) is 5.67. The van der Waals surface area contributed by atoms with Gasteiger partial charge in [0.05, 0.1) is 21.2 Å². The number of benzene rings is 2. The third-order valence-electron chi connectivity index (χ3n) is 2.97. The molecule has 2 aromatic carbocycles. The summed E-state index contributed by atoms with van der Waals surface area (Å²) in [5.74, 6) is -0.354. The number of hydrogen-bond acceptors (Lipinski definition) is 2. The Morgan fingerprint density at radius 2 is 1.90 bits per heavy atom. The summed E-state index contributed by atoms with van der Waals surface area (Å²) in [6.07, 6.45) is 0. The van der Waals surface area contributed by atoms with Crippen LogP contribution in [0.3, 0.4) is 0 Å². The van der Waals surface area contributed by atoms with Crippen LogP contribution in [-0.4, -0.2) is 16.1 Å². The van der Waals surface area contributed by atoms with E-state index in [-0.39, 0.29) is 10.9 Å². The van der Waals surface area contributed by atoms with Crippen molar-refractivity contribution < 1.29 is 4.79 Å². The second-order valence-electron chi connectivity index (χ2n) is 4.29. The smallest absolute Gasteiger partial charge is 0.276 e. The summed E-state index contributed by atoms with van der Waals surface area (Å²) in [4.78, 5) is 12.3. The summed E-state index contributed by atoms with van der Waals surface area (Å²) in [5.41, 5.74) is 1.53. The third kappa shape index (κ3) is 2.64. The van der Waals surface area contributed by atoms with E-state index in [0.29, 0.717) is 20.9 Å². The normalized spacial score (nSPS) is 10.8. The number of nitrogens with one attached hydrogen (secondary N) is 2. The number of H-pyrrole nitrogens is 1. The van der Waals surface area contributed by atoms with Crippen LogP contribution in [0.25, 0.3) is 10.9 Å². The van der Waals surface area contributed by atoms with Gasteiger partial charge in [-0.25, -0.2) is 0 Å². The minimum atomic E-state index is -0.354. The molecular formula is C14H8BrCl2N3O. The number of amides is 1. The topological polar surface area (TPSA) is 57.8 Å². The molecule has 0 saturated heterocycles. The number of carbonyl (C=O) groups excluding carboxylic acids is 1. The predicted octanol–water partition coefficient (Wildman–Crippen LogP) is 4.88. The number of nitrogens with zero attached hydrogens (tertiary/aromatic N) is 1. The average Bonchev–Trinajstić information content (AvgIpc) is 2.92. The van der Waals surface area contributed by atoms with Gasteiger partial charge in [-0.15, -0.1) is 0 Å². The first kappa shape index (κ1) is 14.4. The van der Waals surface area contributed by atoms with Crippen LogP contribution in [0.2, 0.25) is 10.0 Å². The molecule has 0 bridgehead atoms. The Kier molecular flexibility index (Phi) is 3.89. The first-order chi connectivity index (χ1) is 10.1. The number of anilines is 1. The van der Waals surface area contributed by atoms with Gasteiger partial charge in [0, 0.05) is 9.86 Å². The maximum Gasteiger partial charge on any atom is 0.276 e. The molecule has 4 nitrogen and oxygen atoms in total. The Bertz CT molecular complexity index is 847. The van der Waals surface area contributed by atoms with Gasteiger partial charge >= 0.3 is 0 Å². The first-order valence-electron chi connectivity index (χ1n) is 5.96. The molecule has 0 radical (unpaired) electrons. The SMILES string of the molecule is O=C(Nc1ccc(Br)c(Cl)c1Cl)c1n[nH]c2ccccc12. The fraction of sp³-hybridized carbons (Fsp3) is 0. The molecule has 0 aliphatic rings. The van der Waals surface area contributed by atoms with Gasteiger partial charge in [-0.2, -0.15) is 5.10 Å². The molecule has 0 spiro atoms. The van der Waals surface area contributed by atoms with Crippen LogP contribution in [0.15, 0.2) is 40.9 Å². The van der Waals surface area contributed by atoms with Crippen molar-refractivity contribution in [2.75, 3.05) is 5.32 Å². The molecule has 1 amide bonds. The zero-order chi connectivity index (χ0) is 15.0. The first-order valence-corrected chi connectivity index (χ1v) is 7.51. The van der Waals surface area contributed by atoms with Crippen molar-refractivity contribution in [1.29, 1.82) is 0 Å². The van der Waals surface area contributed by atoms with Crippen LogP contribution >= 0.6 is 39.1 Å². The van der Waals surface area contributed by atoms with E-state index in [1.165, 1.54) is 0 Å². The minimum Gasteiger partial charge on any atom is -0.319 e. The predicted molar refractivity (Wildman–Crippen MR) is 88.2 cm³/mol. The number of rotatable bonds is 2. The Balaban J connectivity index is 1.95. The summed E-state index contributed by atoms with van der Waals surface area (Å²) in [6.45, 7) is 0. The van der Waals surface area contributed by atoms with Gasteiger partial charge < -0.3 is 5.32 Å². The molecule has 0 unspecified atom stereocenters. The summed E-state index contributed by atoms with van der Waals surface area (Å²) in [6, 6.07) is 10.8. The Morgan fingerprint density at radius 1 is 1.14 bits per heavy atom. The van der Waals surface area contributed by atoms with Gasteiger partial charge in [-0.05, 0) is 34.1 Å². The number of carbonyl (C=O) groups is 1. The molecule has 7 heteroatoms. The van der Waals surface area contributed by atoms with Crippen molar-refractivity contribution >= 4 is 61.6 Å². The van der Waals surface area contributed by atoms with E-state index in [2.05, 4.69) is 31.4 Å². The van der Waals surface area contributed by atoms with Gasteiger partial charge in [0.25, 0.3) is 5.91 Å². The lowest BCUT2D eigenvalue weighted by atomic mass is 10.2. The minimum absolute atomic E-state index is 0.277. The number of fused-ring (bicyclic) bond motifs is 1. The fourth-order valence-corrected chi connectivity index (χ4v) is 2.76. The number of halogens is 3. The highest BCUT2D eigenvalue weighted by atomic mass is 79.9. The summed E-state index contributed by atoms with van der Waals surface area (Å²) in [7, 11) is 0. The van der Waals surface area contributed by atoms with Crippen molar-refractivity contribution in [2.24, 2.45) is 0 Å². The third-order valence-corrected chi connectivity index (χ3v) is 4.74. The molecule has 0 aliphatic heterocycles. The lowest BCUT2D eigenvalue weighted by molar-refractivity contribution is 0.102. The van der Waals surface area contributed by atoms with E-state index >= 15 is 0 Å². The van der Waals surface area contributed by atoms with Gasteiger partial charge in [0.1, 0.15) is 0 Å². The van der Waals surface area contributed by atoms with E-state index < -0.39 is 0 Å². The Morgan fingerprint density at radius 3 is 2.71 bits per heavy atom. The second-order valence-corrected chi connectivity index (χ2v) is 5.91. The number of para-hydroxylation sites is 1. The number of aromatic nitrogens is 2. The molecular weight excluding hydrogens is 377 g/mol. The maximum atomic E-state index is 12.3. The molecule has 106 valence electrons. The molecule has 1 aromatic heterocycles. The number of aromatic amines is 1. The molecule has 3 aromatic rings. The van der Waals surface area contributed by atoms with Crippen LogP contribution < -0.4 is 5.32 Å². The molecule has 2 N–H and O–H groups in total. The van der Waals surface area contributed by atoms with Crippen molar-refractivity contribution in [1.82, 2.24) is 10.2 Å². The van der Waals surface area contributed by atoms with Crippen molar-refractivity contribution in [3.05, 3.63) is 56.6 Å². The Labute approximate surface area is 138 Å². The maximum absolute atomic E-state index is 12.3. The molecule has 0 saturated carbocycles. The van der Waals surface area contributed by atoms with Crippen LogP contribution in [0.1, 0.15) is 10.5 Å². The zero-order valence-corrected chi connectivity index (χ0v) is 13.6. The quantitative estimate of drug-likeness (QED) is 0.618. The van der Waals surface area contributed by atoms with E-state index in [1.54, 1.807) is 12.1 Å². The van der Waals surface area contributed by atoms with Crippen LogP contribution in [0.4, 0.5) is 5.69 Å². The Hall–Kier alpha value is -1.56. The van der Waals surface area contributed by atoms with E-state index in [4.69, 9.17) is 23.2 Å². The average molecular weight is 385 g/mol. The summed E-state index contributed by atoms with van der Waals surface area (Å²) < 4.78 is 0.664. The van der Waals surface area contributed by atoms with Crippen molar-refractivity contribution in [3.63, 3.8) is 0 Å². The van der Waals surface area contributed by atoms with Gasteiger partial charge in [-0.3, -0.25) is 9.89 Å². The van der Waals surface area contributed by atoms with E-state index in [0.717, 1.165) is 10.9 Å². The lowest BCUT2D eigenvalue weighted by Gasteiger charge is -2.08. The molecule has 21 heavy (non-hydrogen) atoms. The number of hydrogen-bond donors (Lipinski definition) is 2. The van der Waals surface area contributed by atoms with E-state index in [1.807, 2.05) is 24.3 Å². The van der Waals surface area contributed by atoms with Gasteiger partial charge in [0.2, 0.25) is 0 Å². The standard InChI is InChI=1S/C14H8BrCl2N3O/c15-8-5-6-10(12(17)11(8)16)18-14(21)13-7-3-1-2-4-9(7)19-20-13/h1-6H,(H,18,21)(H,19,20). The van der Waals surface area contributed by atoms with Gasteiger partial charge in [0.15, 0.2) is 5.69 Å². The lowest BCUT2D eigenvalue weighted by Crippen LogP contribution is -2.13. The molecule has 0 atom stereocenters. The van der Waals surface area contributed by atoms with Crippen molar-refractivity contribution in [3.8, 4) is 0 Å². The van der Waals surface area contributed by atoms with Crippen LogP contribution in [0, 0.1) is 0 Å². The highest BCUT2D eigenvalue weighted by molar-refractivity contribution is 9.10. The molecule has 0 aliphatic carbocycles. The largest absolute Gasteiger partial charge is 0.319 e. The van der Waals surface area contributed by atoms with Crippen molar-refractivity contribution in [2.45, 2.75) is 0 Å². The molecule has 3 rings (SSSR count). The van der Waals surface area contributed by atoms with Crippen LogP contribution in [-0.2, 0) is 0 Å².